The van der Waals surface area contributed by atoms with Gasteiger partial charge in [-0.15, -0.1) is 0 Å². The molecule has 1 fully saturated rings. The van der Waals surface area contributed by atoms with Crippen LogP contribution in [0.4, 0.5) is 0 Å². The van der Waals surface area contributed by atoms with Gasteiger partial charge in [0.1, 0.15) is 16.1 Å². The minimum Gasteiger partial charge on any atom is -0.367 e. The van der Waals surface area contributed by atoms with Crippen LogP contribution in [-0.4, -0.2) is 16.6 Å². The van der Waals surface area contributed by atoms with Crippen LogP contribution in [0, 0.1) is 4.64 Å². The first-order chi connectivity index (χ1) is 7.27. The van der Waals surface area contributed by atoms with Crippen LogP contribution >= 0.6 is 12.2 Å². The van der Waals surface area contributed by atoms with Crippen LogP contribution in [0.1, 0.15) is 38.4 Å². The highest BCUT2D eigenvalue weighted by molar-refractivity contribution is 7.71. The maximum absolute atomic E-state index is 5.89. The van der Waals surface area contributed by atoms with Gasteiger partial charge in [0.15, 0.2) is 0 Å². The van der Waals surface area contributed by atoms with E-state index in [2.05, 4.69) is 9.97 Å². The fraction of sp³-hybridized carbons (Fsp3) is 0.636. The normalized spacial score (nSPS) is 19.3. The number of aromatic amines is 1. The molecule has 0 aromatic carbocycles. The molecular formula is C11H16N2OS. The molecule has 1 aromatic heterocycles. The lowest BCUT2D eigenvalue weighted by Crippen LogP contribution is -2.28. The zero-order chi connectivity index (χ0) is 10.7. The van der Waals surface area contributed by atoms with Gasteiger partial charge in [-0.3, -0.25) is 0 Å². The maximum Gasteiger partial charge on any atom is 0.139 e. The molecule has 2 rings (SSSR count). The number of H-pyrrole nitrogens is 1. The van der Waals surface area contributed by atoms with Crippen LogP contribution in [0.3, 0.4) is 0 Å². The molecule has 0 spiro atoms. The SMILES string of the molecule is CCOC1(c2nccc(=S)[nH]2)CCCC1. The van der Waals surface area contributed by atoms with E-state index in [9.17, 15) is 0 Å². The van der Waals surface area contributed by atoms with E-state index in [-0.39, 0.29) is 5.60 Å². The van der Waals surface area contributed by atoms with Gasteiger partial charge in [-0.05, 0) is 38.7 Å². The number of nitrogens with zero attached hydrogens (tertiary/aromatic N) is 1. The molecule has 82 valence electrons. The van der Waals surface area contributed by atoms with Gasteiger partial charge in [-0.25, -0.2) is 4.98 Å². The molecule has 4 heteroatoms. The summed E-state index contributed by atoms with van der Waals surface area (Å²) in [6.07, 6.45) is 6.26. The molecule has 1 aliphatic rings. The van der Waals surface area contributed by atoms with Gasteiger partial charge < -0.3 is 9.72 Å². The van der Waals surface area contributed by atoms with E-state index in [1.54, 1.807) is 12.3 Å². The first kappa shape index (κ1) is 10.8. The minimum atomic E-state index is -0.205. The second-order valence-electron chi connectivity index (χ2n) is 3.92. The van der Waals surface area contributed by atoms with Crippen molar-refractivity contribution >= 4 is 12.2 Å². The number of rotatable bonds is 3. The Balaban J connectivity index is 2.36. The Hall–Kier alpha value is -0.740. The maximum atomic E-state index is 5.89. The lowest BCUT2D eigenvalue weighted by molar-refractivity contribution is -0.0457. The highest BCUT2D eigenvalue weighted by atomic mass is 32.1. The van der Waals surface area contributed by atoms with Crippen molar-refractivity contribution in [2.24, 2.45) is 0 Å². The van der Waals surface area contributed by atoms with Gasteiger partial charge in [0.25, 0.3) is 0 Å². The van der Waals surface area contributed by atoms with E-state index in [4.69, 9.17) is 17.0 Å². The van der Waals surface area contributed by atoms with E-state index in [0.717, 1.165) is 29.9 Å². The topological polar surface area (TPSA) is 37.9 Å². The quantitative estimate of drug-likeness (QED) is 0.802. The number of hydrogen-bond acceptors (Lipinski definition) is 3. The Labute approximate surface area is 94.9 Å². The third-order valence-electron chi connectivity index (χ3n) is 2.93. The highest BCUT2D eigenvalue weighted by Gasteiger charge is 2.38. The fourth-order valence-corrected chi connectivity index (χ4v) is 2.43. The van der Waals surface area contributed by atoms with Gasteiger partial charge in [0.05, 0.1) is 0 Å². The van der Waals surface area contributed by atoms with Gasteiger partial charge in [0.2, 0.25) is 0 Å². The van der Waals surface area contributed by atoms with Crippen LogP contribution in [0.25, 0.3) is 0 Å². The predicted molar refractivity (Wildman–Crippen MR) is 61.2 cm³/mol. The van der Waals surface area contributed by atoms with E-state index < -0.39 is 0 Å². The summed E-state index contributed by atoms with van der Waals surface area (Å²) in [5.41, 5.74) is -0.205. The molecule has 1 N–H and O–H groups in total. The summed E-state index contributed by atoms with van der Waals surface area (Å²) in [4.78, 5) is 7.52. The molecule has 1 aromatic rings. The van der Waals surface area contributed by atoms with Gasteiger partial charge in [0, 0.05) is 12.8 Å². The minimum absolute atomic E-state index is 0.205. The number of aromatic nitrogens is 2. The van der Waals surface area contributed by atoms with Crippen molar-refractivity contribution in [3.8, 4) is 0 Å². The molecule has 15 heavy (non-hydrogen) atoms. The van der Waals surface area contributed by atoms with Gasteiger partial charge in [-0.2, -0.15) is 0 Å². The van der Waals surface area contributed by atoms with Crippen molar-refractivity contribution in [2.75, 3.05) is 6.61 Å². The van der Waals surface area contributed by atoms with Crippen molar-refractivity contribution in [3.63, 3.8) is 0 Å². The predicted octanol–water partition coefficient (Wildman–Crippen LogP) is 2.94. The van der Waals surface area contributed by atoms with E-state index in [1.165, 1.54) is 12.8 Å². The summed E-state index contributed by atoms with van der Waals surface area (Å²) in [7, 11) is 0. The average Bonchev–Trinajstić information content (AvgIpc) is 2.68. The summed E-state index contributed by atoms with van der Waals surface area (Å²) in [6, 6.07) is 1.80. The summed E-state index contributed by atoms with van der Waals surface area (Å²) in [5.74, 6) is 0.898. The van der Waals surface area contributed by atoms with Crippen LogP contribution < -0.4 is 0 Å². The summed E-state index contributed by atoms with van der Waals surface area (Å²) in [5, 5.41) is 0. The summed E-state index contributed by atoms with van der Waals surface area (Å²) >= 11 is 5.12. The second kappa shape index (κ2) is 4.41. The Kier molecular flexibility index (Phi) is 3.17. The Bertz CT molecular complexity index is 382. The molecule has 3 nitrogen and oxygen atoms in total. The molecule has 0 aliphatic heterocycles. The third-order valence-corrected chi connectivity index (χ3v) is 3.17. The molecule has 0 atom stereocenters. The zero-order valence-electron chi connectivity index (χ0n) is 8.95. The second-order valence-corrected chi connectivity index (χ2v) is 4.36. The fourth-order valence-electron chi connectivity index (χ4n) is 2.27. The molecule has 1 heterocycles. The van der Waals surface area contributed by atoms with Crippen molar-refractivity contribution in [1.82, 2.24) is 9.97 Å². The molecule has 0 bridgehead atoms. The Morgan fingerprint density at radius 3 is 2.87 bits per heavy atom. The van der Waals surface area contributed by atoms with Gasteiger partial charge >= 0.3 is 0 Å². The van der Waals surface area contributed by atoms with Crippen LogP contribution in [-0.2, 0) is 10.3 Å². The van der Waals surface area contributed by atoms with Crippen LogP contribution in [0.15, 0.2) is 12.3 Å². The summed E-state index contributed by atoms with van der Waals surface area (Å²) < 4.78 is 6.62. The van der Waals surface area contributed by atoms with E-state index >= 15 is 0 Å². The van der Waals surface area contributed by atoms with Crippen molar-refractivity contribution in [3.05, 3.63) is 22.7 Å². The number of ether oxygens (including phenoxy) is 1. The largest absolute Gasteiger partial charge is 0.367 e. The number of nitrogens with one attached hydrogen (secondary N) is 1. The molecule has 0 unspecified atom stereocenters. The highest BCUT2D eigenvalue weighted by Crippen LogP contribution is 2.40. The van der Waals surface area contributed by atoms with E-state index in [0.29, 0.717) is 0 Å². The Morgan fingerprint density at radius 1 is 1.53 bits per heavy atom. The monoisotopic (exact) mass is 224 g/mol. The van der Waals surface area contributed by atoms with Crippen LogP contribution in [0.2, 0.25) is 0 Å². The molecule has 0 saturated heterocycles. The van der Waals surface area contributed by atoms with E-state index in [1.807, 2.05) is 6.92 Å². The third kappa shape index (κ3) is 2.11. The molecular weight excluding hydrogens is 208 g/mol. The lowest BCUT2D eigenvalue weighted by atomic mass is 10.0. The standard InChI is InChI=1S/C11H16N2OS/c1-2-14-11(6-3-4-7-11)10-12-8-5-9(15)13-10/h5,8H,2-4,6-7H2,1H3,(H,12,13,15). The first-order valence-corrected chi connectivity index (χ1v) is 5.87. The Morgan fingerprint density at radius 2 is 2.27 bits per heavy atom. The molecule has 1 saturated carbocycles. The smallest absolute Gasteiger partial charge is 0.139 e. The first-order valence-electron chi connectivity index (χ1n) is 5.46. The van der Waals surface area contributed by atoms with Crippen molar-refractivity contribution < 1.29 is 4.74 Å². The van der Waals surface area contributed by atoms with Crippen LogP contribution in [0.5, 0.6) is 0 Å². The molecule has 0 radical (unpaired) electrons. The number of hydrogen-bond donors (Lipinski definition) is 1. The molecule has 0 amide bonds. The van der Waals surface area contributed by atoms with Crippen molar-refractivity contribution in [1.29, 1.82) is 0 Å². The molecule has 1 aliphatic carbocycles. The summed E-state index contributed by atoms with van der Waals surface area (Å²) in [6.45, 7) is 2.74. The average molecular weight is 224 g/mol. The van der Waals surface area contributed by atoms with Crippen molar-refractivity contribution in [2.45, 2.75) is 38.2 Å². The lowest BCUT2D eigenvalue weighted by Gasteiger charge is -2.27. The van der Waals surface area contributed by atoms with Gasteiger partial charge in [-0.1, -0.05) is 12.2 Å². The zero-order valence-corrected chi connectivity index (χ0v) is 9.77.